The average Bonchev–Trinajstić information content (AvgIpc) is 2.83. The number of rotatable bonds is 2. The van der Waals surface area contributed by atoms with Crippen molar-refractivity contribution in [2.24, 2.45) is 0 Å². The number of benzene rings is 1. The molecule has 2 heterocycles. The molecule has 0 saturated carbocycles. The predicted molar refractivity (Wildman–Crippen MR) is 74.2 cm³/mol. The Morgan fingerprint density at radius 1 is 1.22 bits per heavy atom. The third-order valence-corrected chi connectivity index (χ3v) is 3.81. The van der Waals surface area contributed by atoms with Gasteiger partial charge in [-0.2, -0.15) is 0 Å². The topological polar surface area (TPSA) is 30.0 Å². The third kappa shape index (κ3) is 1.83. The molecule has 0 fully saturated rings. The number of carbonyl (C=O) groups excluding carboxylic acids is 1. The number of ketones is 1. The Balaban J connectivity index is 2.10. The van der Waals surface area contributed by atoms with Gasteiger partial charge in [-0.15, -0.1) is 11.3 Å². The average molecular weight is 253 g/mol. The molecular weight excluding hydrogens is 242 g/mol. The number of hydrogen-bond donors (Lipinski definition) is 0. The van der Waals surface area contributed by atoms with Crippen LogP contribution in [0.15, 0.2) is 48.0 Å². The van der Waals surface area contributed by atoms with Gasteiger partial charge in [-0.25, -0.2) is 0 Å². The lowest BCUT2D eigenvalue weighted by Crippen LogP contribution is -2.01. The highest BCUT2D eigenvalue weighted by Gasteiger charge is 2.12. The standard InChI is InChI=1S/C15H11NOS/c1-10-13(6-8-18-10)15(17)12-4-5-14-11(9-12)3-2-7-16-14/h2-9H,1H3. The Morgan fingerprint density at radius 2 is 2.11 bits per heavy atom. The zero-order chi connectivity index (χ0) is 12.5. The summed E-state index contributed by atoms with van der Waals surface area (Å²) < 4.78 is 0. The van der Waals surface area contributed by atoms with Crippen LogP contribution in [0.4, 0.5) is 0 Å². The van der Waals surface area contributed by atoms with Crippen LogP contribution in [0.3, 0.4) is 0 Å². The number of pyridine rings is 1. The van der Waals surface area contributed by atoms with Gasteiger partial charge < -0.3 is 0 Å². The molecule has 3 aromatic rings. The van der Waals surface area contributed by atoms with Gasteiger partial charge >= 0.3 is 0 Å². The number of nitrogens with zero attached hydrogens (tertiary/aromatic N) is 1. The van der Waals surface area contributed by atoms with Crippen molar-refractivity contribution in [2.45, 2.75) is 6.92 Å². The molecule has 3 rings (SSSR count). The van der Waals surface area contributed by atoms with Crippen molar-refractivity contribution in [1.82, 2.24) is 4.98 Å². The number of fused-ring (bicyclic) bond motifs is 1. The van der Waals surface area contributed by atoms with Crippen molar-refractivity contribution in [3.05, 3.63) is 64.0 Å². The lowest BCUT2D eigenvalue weighted by atomic mass is 10.0. The molecule has 2 nitrogen and oxygen atoms in total. The van der Waals surface area contributed by atoms with Crippen molar-refractivity contribution in [3.8, 4) is 0 Å². The van der Waals surface area contributed by atoms with E-state index in [1.807, 2.05) is 48.7 Å². The first-order valence-corrected chi connectivity index (χ1v) is 6.57. The first-order chi connectivity index (χ1) is 8.75. The van der Waals surface area contributed by atoms with Gasteiger partial charge in [0.05, 0.1) is 5.52 Å². The van der Waals surface area contributed by atoms with E-state index < -0.39 is 0 Å². The number of aryl methyl sites for hydroxylation is 1. The summed E-state index contributed by atoms with van der Waals surface area (Å²) in [6, 6.07) is 11.4. The van der Waals surface area contributed by atoms with Gasteiger partial charge in [0.2, 0.25) is 0 Å². The lowest BCUT2D eigenvalue weighted by molar-refractivity contribution is 0.103. The van der Waals surface area contributed by atoms with Gasteiger partial charge in [0.15, 0.2) is 5.78 Å². The minimum atomic E-state index is 0.0829. The molecular formula is C15H11NOS. The summed E-state index contributed by atoms with van der Waals surface area (Å²) >= 11 is 1.60. The van der Waals surface area contributed by atoms with E-state index in [9.17, 15) is 4.79 Å². The summed E-state index contributed by atoms with van der Waals surface area (Å²) in [4.78, 5) is 17.7. The summed E-state index contributed by atoms with van der Waals surface area (Å²) in [6.45, 7) is 1.97. The Morgan fingerprint density at radius 3 is 2.89 bits per heavy atom. The first-order valence-electron chi connectivity index (χ1n) is 5.69. The number of thiophene rings is 1. The van der Waals surface area contributed by atoms with Gasteiger partial charge in [-0.05, 0) is 42.6 Å². The highest BCUT2D eigenvalue weighted by Crippen LogP contribution is 2.21. The maximum Gasteiger partial charge on any atom is 0.194 e. The Kier molecular flexibility index (Phi) is 2.68. The summed E-state index contributed by atoms with van der Waals surface area (Å²) in [5, 5.41) is 2.95. The van der Waals surface area contributed by atoms with Crippen LogP contribution in [0.25, 0.3) is 10.9 Å². The highest BCUT2D eigenvalue weighted by atomic mass is 32.1. The van der Waals surface area contributed by atoms with Crippen molar-refractivity contribution < 1.29 is 4.79 Å². The molecule has 0 aliphatic carbocycles. The monoisotopic (exact) mass is 253 g/mol. The maximum absolute atomic E-state index is 12.4. The molecule has 88 valence electrons. The van der Waals surface area contributed by atoms with E-state index in [1.165, 1.54) is 0 Å². The second-order valence-corrected chi connectivity index (χ2v) is 5.25. The molecule has 0 radical (unpaired) electrons. The van der Waals surface area contributed by atoms with E-state index in [0.717, 1.165) is 26.9 Å². The smallest absolute Gasteiger partial charge is 0.194 e. The summed E-state index contributed by atoms with van der Waals surface area (Å²) in [5.74, 6) is 0.0829. The van der Waals surface area contributed by atoms with Crippen molar-refractivity contribution in [3.63, 3.8) is 0 Å². The number of hydrogen-bond acceptors (Lipinski definition) is 3. The molecule has 1 aromatic carbocycles. The fourth-order valence-electron chi connectivity index (χ4n) is 1.99. The van der Waals surface area contributed by atoms with Crippen LogP contribution < -0.4 is 0 Å². The molecule has 3 heteroatoms. The molecule has 2 aromatic heterocycles. The molecule has 0 amide bonds. The second-order valence-electron chi connectivity index (χ2n) is 4.13. The normalized spacial score (nSPS) is 10.7. The zero-order valence-corrected chi connectivity index (χ0v) is 10.7. The van der Waals surface area contributed by atoms with Crippen LogP contribution >= 0.6 is 11.3 Å². The summed E-state index contributed by atoms with van der Waals surface area (Å²) in [7, 11) is 0. The van der Waals surface area contributed by atoms with Gasteiger partial charge in [0.1, 0.15) is 0 Å². The van der Waals surface area contributed by atoms with Crippen LogP contribution in [0, 0.1) is 6.92 Å². The van der Waals surface area contributed by atoms with E-state index in [2.05, 4.69) is 4.98 Å². The lowest BCUT2D eigenvalue weighted by Gasteiger charge is -2.02. The van der Waals surface area contributed by atoms with E-state index in [4.69, 9.17) is 0 Å². The SMILES string of the molecule is Cc1sccc1C(=O)c1ccc2ncccc2c1. The maximum atomic E-state index is 12.4. The van der Waals surface area contributed by atoms with Crippen LogP contribution in [-0.2, 0) is 0 Å². The van der Waals surface area contributed by atoms with Crippen molar-refractivity contribution in [2.75, 3.05) is 0 Å². The predicted octanol–water partition coefficient (Wildman–Crippen LogP) is 3.84. The molecule has 0 bridgehead atoms. The second kappa shape index (κ2) is 4.35. The van der Waals surface area contributed by atoms with Gasteiger partial charge in [0, 0.05) is 27.6 Å². The third-order valence-electron chi connectivity index (χ3n) is 2.97. The van der Waals surface area contributed by atoms with E-state index in [1.54, 1.807) is 17.5 Å². The van der Waals surface area contributed by atoms with Crippen molar-refractivity contribution in [1.29, 1.82) is 0 Å². The fraction of sp³-hybridized carbons (Fsp3) is 0.0667. The molecule has 0 spiro atoms. The Bertz CT molecular complexity index is 730. The summed E-state index contributed by atoms with van der Waals surface area (Å²) in [6.07, 6.45) is 1.76. The highest BCUT2D eigenvalue weighted by molar-refractivity contribution is 7.10. The minimum absolute atomic E-state index is 0.0829. The van der Waals surface area contributed by atoms with Crippen molar-refractivity contribution >= 4 is 28.0 Å². The van der Waals surface area contributed by atoms with Gasteiger partial charge in [-0.1, -0.05) is 6.07 Å². The summed E-state index contributed by atoms with van der Waals surface area (Å²) in [5.41, 5.74) is 2.43. The Hall–Kier alpha value is -2.00. The van der Waals surface area contributed by atoms with Gasteiger partial charge in [-0.3, -0.25) is 9.78 Å². The molecule has 0 aliphatic rings. The largest absolute Gasteiger partial charge is 0.289 e. The molecule has 0 atom stereocenters. The minimum Gasteiger partial charge on any atom is -0.289 e. The van der Waals surface area contributed by atoms with Gasteiger partial charge in [0.25, 0.3) is 0 Å². The fourth-order valence-corrected chi connectivity index (χ4v) is 2.69. The molecule has 0 saturated heterocycles. The first kappa shape index (κ1) is 11.1. The Labute approximate surface area is 109 Å². The van der Waals surface area contributed by atoms with Crippen LogP contribution in [0.2, 0.25) is 0 Å². The number of aromatic nitrogens is 1. The molecule has 18 heavy (non-hydrogen) atoms. The van der Waals surface area contributed by atoms with Crippen LogP contribution in [-0.4, -0.2) is 10.8 Å². The van der Waals surface area contributed by atoms with E-state index in [0.29, 0.717) is 0 Å². The molecule has 0 aliphatic heterocycles. The molecule has 0 N–H and O–H groups in total. The molecule has 0 unspecified atom stereocenters. The van der Waals surface area contributed by atoms with Crippen LogP contribution in [0.1, 0.15) is 20.8 Å². The van der Waals surface area contributed by atoms with E-state index in [-0.39, 0.29) is 5.78 Å². The van der Waals surface area contributed by atoms with Crippen LogP contribution in [0.5, 0.6) is 0 Å². The number of carbonyl (C=O) groups is 1. The quantitative estimate of drug-likeness (QED) is 0.649. The van der Waals surface area contributed by atoms with E-state index >= 15 is 0 Å². The zero-order valence-electron chi connectivity index (χ0n) is 9.88.